The molecule has 0 aliphatic heterocycles. The average Bonchev–Trinajstić information content (AvgIpc) is 2.63. The van der Waals surface area contributed by atoms with Crippen LogP contribution in [0.5, 0.6) is 5.75 Å². The molecule has 0 aliphatic rings. The van der Waals surface area contributed by atoms with E-state index < -0.39 is 10.0 Å². The lowest BCUT2D eigenvalue weighted by molar-refractivity contribution is -0.130. The van der Waals surface area contributed by atoms with E-state index >= 15 is 0 Å². The zero-order chi connectivity index (χ0) is 20.9. The number of nitrogens with one attached hydrogen (secondary N) is 1. The molecule has 2 aromatic rings. The number of rotatable bonds is 8. The summed E-state index contributed by atoms with van der Waals surface area (Å²) in [6, 6.07) is 9.57. The highest BCUT2D eigenvalue weighted by Gasteiger charge is 2.23. The van der Waals surface area contributed by atoms with Crippen molar-refractivity contribution in [3.63, 3.8) is 0 Å². The summed E-state index contributed by atoms with van der Waals surface area (Å²) < 4.78 is 33.7. The molecule has 0 atom stereocenters. The summed E-state index contributed by atoms with van der Waals surface area (Å²) in [6.45, 7) is 5.18. The van der Waals surface area contributed by atoms with Crippen LogP contribution in [-0.2, 0) is 21.2 Å². The van der Waals surface area contributed by atoms with Crippen molar-refractivity contribution in [1.29, 1.82) is 0 Å². The molecule has 28 heavy (non-hydrogen) atoms. The molecule has 0 unspecified atom stereocenters. The maximum absolute atomic E-state index is 12.8. The molecule has 0 spiro atoms. The molecule has 0 saturated carbocycles. The lowest BCUT2D eigenvalue weighted by Crippen LogP contribution is -2.31. The third kappa shape index (κ3) is 5.40. The first-order chi connectivity index (χ1) is 13.2. The quantitative estimate of drug-likeness (QED) is 0.599. The largest absolute Gasteiger partial charge is 0.494 e. The summed E-state index contributed by atoms with van der Waals surface area (Å²) >= 11 is 9.25. The Kier molecular flexibility index (Phi) is 7.74. The number of ether oxygens (including phenoxy) is 1. The Morgan fingerprint density at radius 1 is 1.18 bits per heavy atom. The molecule has 6 nitrogen and oxygen atoms in total. The van der Waals surface area contributed by atoms with Gasteiger partial charge in [0.15, 0.2) is 5.75 Å². The van der Waals surface area contributed by atoms with Crippen molar-refractivity contribution in [3.05, 3.63) is 51.5 Å². The highest BCUT2D eigenvalue weighted by atomic mass is 79.9. The van der Waals surface area contributed by atoms with Crippen molar-refractivity contribution < 1.29 is 17.9 Å². The molecular weight excluding hydrogens is 468 g/mol. The maximum atomic E-state index is 12.8. The lowest BCUT2D eigenvalue weighted by Gasteiger charge is -2.18. The van der Waals surface area contributed by atoms with Gasteiger partial charge in [-0.1, -0.05) is 23.7 Å². The van der Waals surface area contributed by atoms with E-state index in [2.05, 4.69) is 20.7 Å². The Morgan fingerprint density at radius 2 is 1.79 bits per heavy atom. The Hall–Kier alpha value is -1.77. The molecule has 0 aromatic heterocycles. The monoisotopic (exact) mass is 488 g/mol. The van der Waals surface area contributed by atoms with Gasteiger partial charge in [-0.05, 0) is 59.6 Å². The second-order valence-electron chi connectivity index (χ2n) is 5.96. The summed E-state index contributed by atoms with van der Waals surface area (Å²) in [7, 11) is -2.54. The minimum absolute atomic E-state index is 0.0341. The molecule has 0 aliphatic carbocycles. The number of methoxy groups -OCH3 is 1. The van der Waals surface area contributed by atoms with Crippen LogP contribution in [0.4, 0.5) is 5.69 Å². The Labute approximate surface area is 179 Å². The summed E-state index contributed by atoms with van der Waals surface area (Å²) in [6.07, 6.45) is 0.268. The lowest BCUT2D eigenvalue weighted by atomic mass is 10.1. The standard InChI is InChI=1S/C19H22BrClN2O4S/c1-4-23(5-2)18(24)10-13-6-8-15(9-7-13)22-28(25,26)17-12-14(21)11-16(20)19(17)27-3/h6-9,11-12,22H,4-5,10H2,1-3H3. The molecule has 0 fully saturated rings. The molecule has 0 heterocycles. The highest BCUT2D eigenvalue weighted by Crippen LogP contribution is 2.36. The predicted molar refractivity (Wildman–Crippen MR) is 115 cm³/mol. The van der Waals surface area contributed by atoms with Crippen LogP contribution in [0.25, 0.3) is 0 Å². The Morgan fingerprint density at radius 3 is 2.32 bits per heavy atom. The van der Waals surface area contributed by atoms with Gasteiger partial charge in [0.2, 0.25) is 5.91 Å². The summed E-state index contributed by atoms with van der Waals surface area (Å²) in [5.74, 6) is 0.199. The van der Waals surface area contributed by atoms with E-state index in [0.29, 0.717) is 23.2 Å². The van der Waals surface area contributed by atoms with Crippen molar-refractivity contribution in [1.82, 2.24) is 4.90 Å². The van der Waals surface area contributed by atoms with Crippen LogP contribution in [0.1, 0.15) is 19.4 Å². The first-order valence-electron chi connectivity index (χ1n) is 8.64. The molecule has 1 amide bonds. The molecular formula is C19H22BrClN2O4S. The van der Waals surface area contributed by atoms with Gasteiger partial charge in [-0.3, -0.25) is 9.52 Å². The number of benzene rings is 2. The van der Waals surface area contributed by atoms with E-state index in [-0.39, 0.29) is 28.0 Å². The number of hydrogen-bond donors (Lipinski definition) is 1. The molecule has 0 saturated heterocycles. The zero-order valence-corrected chi connectivity index (χ0v) is 19.0. The maximum Gasteiger partial charge on any atom is 0.265 e. The number of likely N-dealkylation sites (N-methyl/N-ethyl adjacent to an activating group) is 1. The Balaban J connectivity index is 2.21. The van der Waals surface area contributed by atoms with Gasteiger partial charge in [0.05, 0.1) is 18.0 Å². The number of anilines is 1. The van der Waals surface area contributed by atoms with Crippen molar-refractivity contribution in [2.45, 2.75) is 25.2 Å². The SMILES string of the molecule is CCN(CC)C(=O)Cc1ccc(NS(=O)(=O)c2cc(Cl)cc(Br)c2OC)cc1. The van der Waals surface area contributed by atoms with Crippen LogP contribution in [-0.4, -0.2) is 39.4 Å². The van der Waals surface area contributed by atoms with Crippen LogP contribution < -0.4 is 9.46 Å². The van der Waals surface area contributed by atoms with Crippen LogP contribution in [0, 0.1) is 0 Å². The number of amides is 1. The fourth-order valence-electron chi connectivity index (χ4n) is 2.70. The summed E-state index contributed by atoms with van der Waals surface area (Å²) in [5.41, 5.74) is 1.18. The Bertz CT molecular complexity index is 945. The molecule has 9 heteroatoms. The van der Waals surface area contributed by atoms with E-state index in [1.165, 1.54) is 13.2 Å². The van der Waals surface area contributed by atoms with Crippen molar-refractivity contribution in [2.24, 2.45) is 0 Å². The van der Waals surface area contributed by atoms with Crippen molar-refractivity contribution in [2.75, 3.05) is 24.9 Å². The number of halogens is 2. The first kappa shape index (κ1) is 22.5. The van der Waals surface area contributed by atoms with Crippen molar-refractivity contribution in [3.8, 4) is 5.75 Å². The second-order valence-corrected chi connectivity index (χ2v) is 8.91. The van der Waals surface area contributed by atoms with Crippen LogP contribution in [0.3, 0.4) is 0 Å². The molecule has 0 radical (unpaired) electrons. The van der Waals surface area contributed by atoms with E-state index in [9.17, 15) is 13.2 Å². The minimum Gasteiger partial charge on any atom is -0.494 e. The molecule has 152 valence electrons. The normalized spacial score (nSPS) is 11.2. The molecule has 2 rings (SSSR count). The number of nitrogens with zero attached hydrogens (tertiary/aromatic N) is 1. The van der Waals surface area contributed by atoms with Gasteiger partial charge in [-0.15, -0.1) is 0 Å². The second kappa shape index (κ2) is 9.62. The number of sulfonamides is 1. The van der Waals surface area contributed by atoms with Crippen LogP contribution in [0.15, 0.2) is 45.8 Å². The number of carbonyl (C=O) groups excluding carboxylic acids is 1. The van der Waals surface area contributed by atoms with Crippen molar-refractivity contribution >= 4 is 49.1 Å². The number of hydrogen-bond acceptors (Lipinski definition) is 4. The first-order valence-corrected chi connectivity index (χ1v) is 11.3. The minimum atomic E-state index is -3.92. The van der Waals surface area contributed by atoms with Gasteiger partial charge in [0.25, 0.3) is 10.0 Å². The van der Waals surface area contributed by atoms with Crippen LogP contribution in [0.2, 0.25) is 5.02 Å². The fourth-order valence-corrected chi connectivity index (χ4v) is 5.14. The predicted octanol–water partition coefficient (Wildman–Crippen LogP) is 4.32. The zero-order valence-electron chi connectivity index (χ0n) is 15.8. The molecule has 1 N–H and O–H groups in total. The summed E-state index contributed by atoms with van der Waals surface area (Å²) in [5, 5.41) is 0.262. The van der Waals surface area contributed by atoms with Gasteiger partial charge in [-0.2, -0.15) is 0 Å². The van der Waals surface area contributed by atoms with E-state index in [4.69, 9.17) is 16.3 Å². The van der Waals surface area contributed by atoms with Gasteiger partial charge in [0.1, 0.15) is 4.90 Å². The third-order valence-corrected chi connectivity index (χ3v) is 6.34. The third-order valence-electron chi connectivity index (χ3n) is 4.15. The van der Waals surface area contributed by atoms with E-state index in [1.54, 1.807) is 35.2 Å². The van der Waals surface area contributed by atoms with Gasteiger partial charge >= 0.3 is 0 Å². The highest BCUT2D eigenvalue weighted by molar-refractivity contribution is 9.10. The average molecular weight is 490 g/mol. The smallest absolute Gasteiger partial charge is 0.265 e. The molecule has 0 bridgehead atoms. The van der Waals surface area contributed by atoms with Crippen LogP contribution >= 0.6 is 27.5 Å². The fraction of sp³-hybridized carbons (Fsp3) is 0.316. The van der Waals surface area contributed by atoms with Gasteiger partial charge in [0, 0.05) is 23.8 Å². The number of carbonyl (C=O) groups is 1. The van der Waals surface area contributed by atoms with Gasteiger partial charge in [-0.25, -0.2) is 8.42 Å². The van der Waals surface area contributed by atoms with Gasteiger partial charge < -0.3 is 9.64 Å². The van der Waals surface area contributed by atoms with E-state index in [0.717, 1.165) is 5.56 Å². The van der Waals surface area contributed by atoms with E-state index in [1.807, 2.05) is 13.8 Å². The molecule has 2 aromatic carbocycles. The topological polar surface area (TPSA) is 75.7 Å². The summed E-state index contributed by atoms with van der Waals surface area (Å²) in [4.78, 5) is 13.9.